The van der Waals surface area contributed by atoms with Crippen LogP contribution in [0.1, 0.15) is 48.0 Å². The summed E-state index contributed by atoms with van der Waals surface area (Å²) in [6.45, 7) is 13.3. The summed E-state index contributed by atoms with van der Waals surface area (Å²) in [6, 6.07) is 42.1. The van der Waals surface area contributed by atoms with E-state index in [4.69, 9.17) is 13.0 Å². The minimum absolute atomic E-state index is 0.0228. The maximum atomic E-state index is 12.7. The third kappa shape index (κ3) is 8.99. The van der Waals surface area contributed by atoms with Gasteiger partial charge in [-0.05, 0) is 43.9 Å². The van der Waals surface area contributed by atoms with Crippen molar-refractivity contribution in [1.82, 2.24) is 0 Å². The van der Waals surface area contributed by atoms with E-state index < -0.39 is 34.3 Å². The molecular weight excluding hydrogens is 637 g/mol. The second-order valence-corrected chi connectivity index (χ2v) is 21.4. The highest BCUT2D eigenvalue weighted by molar-refractivity contribution is 7.86. The Bertz CT molecular complexity index is 1580. The van der Waals surface area contributed by atoms with Gasteiger partial charge >= 0.3 is 0 Å². The summed E-state index contributed by atoms with van der Waals surface area (Å²) in [5, 5.41) is 4.82. The van der Waals surface area contributed by atoms with Crippen LogP contribution >= 0.6 is 0 Å². The van der Waals surface area contributed by atoms with E-state index in [1.807, 2.05) is 24.3 Å². The molecule has 4 aromatic carbocycles. The van der Waals surface area contributed by atoms with Gasteiger partial charge in [0.15, 0.2) is 0 Å². The van der Waals surface area contributed by atoms with E-state index in [0.717, 1.165) is 6.26 Å². The summed E-state index contributed by atoms with van der Waals surface area (Å²) in [5.41, 5.74) is -0.540. The van der Waals surface area contributed by atoms with Crippen LogP contribution in [-0.2, 0) is 23.2 Å². The number of rotatable bonds is 12. The molecule has 0 saturated heterocycles. The number of hydrogen-bond donors (Lipinski definition) is 0. The minimum Gasteiger partial charge on any atom is -0.407 e. The van der Waals surface area contributed by atoms with E-state index in [2.05, 4.69) is 139 Å². The fourth-order valence-corrected chi connectivity index (χ4v) is 13.2. The zero-order valence-electron chi connectivity index (χ0n) is 28.7. The zero-order chi connectivity index (χ0) is 33.8. The molecule has 1 fully saturated rings. The lowest BCUT2D eigenvalue weighted by Crippen LogP contribution is -2.64. The molecule has 1 saturated carbocycles. The number of benzene rings is 4. The topological polar surface area (TPSA) is 61.8 Å². The van der Waals surface area contributed by atoms with Crippen LogP contribution in [0.3, 0.4) is 0 Å². The average Bonchev–Trinajstić information content (AvgIpc) is 3.02. The fraction of sp³-hybridized carbons (Fsp3) is 0.385. The second kappa shape index (κ2) is 14.7. The highest BCUT2D eigenvalue weighted by Gasteiger charge is 2.57. The first kappa shape index (κ1) is 35.5. The van der Waals surface area contributed by atoms with Gasteiger partial charge in [0.2, 0.25) is 18.1 Å². The highest BCUT2D eigenvalue weighted by Crippen LogP contribution is 2.51. The Labute approximate surface area is 285 Å². The van der Waals surface area contributed by atoms with Gasteiger partial charge in [-0.3, -0.25) is 4.18 Å². The van der Waals surface area contributed by atoms with Crippen LogP contribution in [0.25, 0.3) is 0 Å². The van der Waals surface area contributed by atoms with Gasteiger partial charge in [-0.2, -0.15) is 8.42 Å². The van der Waals surface area contributed by atoms with Gasteiger partial charge < -0.3 is 8.85 Å². The molecular formula is C39H50O5SSi2. The van der Waals surface area contributed by atoms with Gasteiger partial charge in [-0.1, -0.05) is 163 Å². The molecule has 0 heterocycles. The monoisotopic (exact) mass is 686 g/mol. The molecule has 0 aliphatic heterocycles. The van der Waals surface area contributed by atoms with Crippen molar-refractivity contribution in [3.8, 4) is 0 Å². The molecule has 5 nitrogen and oxygen atoms in total. The van der Waals surface area contributed by atoms with Crippen molar-refractivity contribution in [2.24, 2.45) is 22.7 Å². The predicted molar refractivity (Wildman–Crippen MR) is 199 cm³/mol. The van der Waals surface area contributed by atoms with Gasteiger partial charge in [0.05, 0.1) is 24.6 Å². The lowest BCUT2D eigenvalue weighted by Gasteiger charge is -2.56. The zero-order valence-corrected chi connectivity index (χ0v) is 31.9. The van der Waals surface area contributed by atoms with Crippen LogP contribution in [-0.4, -0.2) is 51.1 Å². The first-order valence-corrected chi connectivity index (χ1v) is 21.7. The van der Waals surface area contributed by atoms with Crippen molar-refractivity contribution < 1.29 is 21.5 Å². The van der Waals surface area contributed by atoms with Gasteiger partial charge in [0.1, 0.15) is 0 Å². The fourth-order valence-electron chi connectivity index (χ4n) is 7.06. The van der Waals surface area contributed by atoms with Crippen LogP contribution in [0.2, 0.25) is 0 Å². The van der Waals surface area contributed by atoms with Gasteiger partial charge in [0, 0.05) is 5.92 Å². The standard InChI is InChI=1S/C39H50O5SSi2/c1-38(2,3)36(43-46(29-20-12-8-13-21-29)30-22-14-9-15-23-30)33-28-34(42-45(7,40)41)35(33)37(39(4,5)6)44-47(31-24-16-10-17-25-31)32-26-18-11-19-27-32/h8-27,33-37,46-47H,28H2,1-7H3/t33-,34+,35+,36?,37-/m0/s1. The van der Waals surface area contributed by atoms with Crippen molar-refractivity contribution >= 4 is 48.9 Å². The SMILES string of the molecule is CC(C)(C)C(O[SiH](c1ccccc1)c1ccccc1)[C@H]1C[C@@H](OS(C)(=O)=O)[C@@H]1[C@H](O[SiH](c1ccccc1)c1ccccc1)C(C)(C)C. The largest absolute Gasteiger partial charge is 0.407 e. The normalized spacial score (nSPS) is 20.1. The van der Waals surface area contributed by atoms with Gasteiger partial charge in [-0.15, -0.1) is 0 Å². The first-order valence-electron chi connectivity index (χ1n) is 16.6. The van der Waals surface area contributed by atoms with E-state index >= 15 is 0 Å². The summed E-state index contributed by atoms with van der Waals surface area (Å²) in [6.07, 6.45) is 0.797. The smallest absolute Gasteiger partial charge is 0.264 e. The van der Waals surface area contributed by atoms with Crippen LogP contribution in [0.15, 0.2) is 121 Å². The quantitative estimate of drug-likeness (QED) is 0.157. The molecule has 250 valence electrons. The van der Waals surface area contributed by atoms with E-state index in [0.29, 0.717) is 6.42 Å². The predicted octanol–water partition coefficient (Wildman–Crippen LogP) is 4.91. The van der Waals surface area contributed by atoms with Crippen molar-refractivity contribution in [2.45, 2.75) is 66.3 Å². The van der Waals surface area contributed by atoms with Crippen molar-refractivity contribution in [2.75, 3.05) is 6.26 Å². The molecule has 0 spiro atoms. The Morgan fingerprint density at radius 3 is 1.19 bits per heavy atom. The molecule has 0 aromatic heterocycles. The van der Waals surface area contributed by atoms with E-state index in [1.54, 1.807) is 0 Å². The molecule has 47 heavy (non-hydrogen) atoms. The minimum atomic E-state index is -3.70. The molecule has 5 atom stereocenters. The summed E-state index contributed by atoms with van der Waals surface area (Å²) < 4.78 is 46.1. The van der Waals surface area contributed by atoms with E-state index in [9.17, 15) is 8.42 Å². The summed E-state index contributed by atoms with van der Waals surface area (Å²) in [7, 11) is -8.01. The van der Waals surface area contributed by atoms with Crippen molar-refractivity contribution in [3.05, 3.63) is 121 Å². The number of hydrogen-bond acceptors (Lipinski definition) is 5. The lowest BCUT2D eigenvalue weighted by molar-refractivity contribution is -0.154. The van der Waals surface area contributed by atoms with Crippen LogP contribution in [0.4, 0.5) is 0 Å². The van der Waals surface area contributed by atoms with E-state index in [1.165, 1.54) is 20.7 Å². The molecule has 1 aliphatic rings. The molecule has 0 N–H and O–H groups in total. The Morgan fingerprint density at radius 2 is 0.894 bits per heavy atom. The molecule has 5 rings (SSSR count). The molecule has 1 unspecified atom stereocenters. The summed E-state index contributed by atoms with van der Waals surface area (Å²) in [4.78, 5) is 0. The Hall–Kier alpha value is -2.86. The van der Waals surface area contributed by atoms with Crippen LogP contribution in [0, 0.1) is 22.7 Å². The van der Waals surface area contributed by atoms with Gasteiger partial charge in [0.25, 0.3) is 10.1 Å². The third-order valence-electron chi connectivity index (χ3n) is 9.15. The maximum absolute atomic E-state index is 12.7. The third-order valence-corrected chi connectivity index (χ3v) is 14.8. The van der Waals surface area contributed by atoms with Gasteiger partial charge in [-0.25, -0.2) is 0 Å². The Morgan fingerprint density at radius 1 is 0.574 bits per heavy atom. The van der Waals surface area contributed by atoms with E-state index in [-0.39, 0.29) is 34.9 Å². The highest BCUT2D eigenvalue weighted by atomic mass is 32.2. The maximum Gasteiger partial charge on any atom is 0.264 e. The molecule has 1 aliphatic carbocycles. The average molecular weight is 687 g/mol. The van der Waals surface area contributed by atoms with Crippen LogP contribution in [0.5, 0.6) is 0 Å². The Kier molecular flexibility index (Phi) is 11.1. The summed E-state index contributed by atoms with van der Waals surface area (Å²) >= 11 is 0. The van der Waals surface area contributed by atoms with Crippen molar-refractivity contribution in [1.29, 1.82) is 0 Å². The molecule has 0 radical (unpaired) electrons. The molecule has 4 aromatic rings. The molecule has 0 amide bonds. The summed E-state index contributed by atoms with van der Waals surface area (Å²) in [5.74, 6) is -0.174. The van der Waals surface area contributed by atoms with Crippen LogP contribution < -0.4 is 20.7 Å². The Balaban J connectivity index is 1.58. The lowest BCUT2D eigenvalue weighted by atomic mass is 9.58. The van der Waals surface area contributed by atoms with Crippen molar-refractivity contribution in [3.63, 3.8) is 0 Å². The second-order valence-electron chi connectivity index (χ2n) is 15.1. The molecule has 0 bridgehead atoms. The first-order chi connectivity index (χ1) is 22.2. The molecule has 8 heteroatoms.